The Balaban J connectivity index is 1.63. The summed E-state index contributed by atoms with van der Waals surface area (Å²) >= 11 is 1.44. The number of hydrogen-bond donors (Lipinski definition) is 1. The van der Waals surface area contributed by atoms with Crippen LogP contribution in [0.25, 0.3) is 6.08 Å². The van der Waals surface area contributed by atoms with Gasteiger partial charge in [-0.1, -0.05) is 6.07 Å². The molecule has 31 heavy (non-hydrogen) atoms. The van der Waals surface area contributed by atoms with E-state index in [0.29, 0.717) is 30.3 Å². The van der Waals surface area contributed by atoms with Crippen molar-refractivity contribution < 1.29 is 14.3 Å². The Labute approximate surface area is 186 Å². The second-order valence-corrected chi connectivity index (χ2v) is 8.39. The zero-order chi connectivity index (χ0) is 22.2. The second-order valence-electron chi connectivity index (χ2n) is 7.29. The van der Waals surface area contributed by atoms with E-state index in [9.17, 15) is 14.9 Å². The first-order chi connectivity index (χ1) is 15.0. The molecule has 0 saturated heterocycles. The molecule has 0 bridgehead atoms. The van der Waals surface area contributed by atoms with Crippen molar-refractivity contribution in [2.24, 2.45) is 5.92 Å². The van der Waals surface area contributed by atoms with Crippen LogP contribution in [0.5, 0.6) is 0 Å². The maximum atomic E-state index is 12.3. The summed E-state index contributed by atoms with van der Waals surface area (Å²) in [7, 11) is 0. The van der Waals surface area contributed by atoms with E-state index in [-0.39, 0.29) is 17.9 Å². The Morgan fingerprint density at radius 1 is 1.42 bits per heavy atom. The number of carbonyl (C=O) groups excluding carboxylic acids is 2. The van der Waals surface area contributed by atoms with Gasteiger partial charge < -0.3 is 15.0 Å². The Hall–Kier alpha value is -3.18. The van der Waals surface area contributed by atoms with Gasteiger partial charge >= 0.3 is 6.09 Å². The van der Waals surface area contributed by atoms with Crippen LogP contribution in [0.4, 0.5) is 9.80 Å². The Morgan fingerprint density at radius 2 is 2.23 bits per heavy atom. The fourth-order valence-electron chi connectivity index (χ4n) is 3.57. The van der Waals surface area contributed by atoms with Gasteiger partial charge in [0.15, 0.2) is 0 Å². The molecule has 2 aromatic rings. The highest BCUT2D eigenvalue weighted by molar-refractivity contribution is 7.16. The number of anilines is 1. The molecule has 1 N–H and O–H groups in total. The number of aromatic nitrogens is 1. The molecule has 0 fully saturated rings. The van der Waals surface area contributed by atoms with E-state index in [1.807, 2.05) is 19.9 Å². The summed E-state index contributed by atoms with van der Waals surface area (Å²) in [6, 6.07) is 5.90. The molecule has 0 unspecified atom stereocenters. The van der Waals surface area contributed by atoms with Crippen molar-refractivity contribution in [1.82, 2.24) is 9.88 Å². The first-order valence-electron chi connectivity index (χ1n) is 10.4. The second kappa shape index (κ2) is 10.7. The van der Waals surface area contributed by atoms with Crippen LogP contribution in [0.1, 0.15) is 41.8 Å². The number of fused-ring (bicyclic) bond motifs is 1. The molecule has 1 aliphatic carbocycles. The van der Waals surface area contributed by atoms with E-state index < -0.39 is 0 Å². The molecule has 162 valence electrons. The van der Waals surface area contributed by atoms with E-state index in [1.54, 1.807) is 29.4 Å². The highest BCUT2D eigenvalue weighted by Crippen LogP contribution is 2.39. The molecule has 8 heteroatoms. The zero-order valence-electron chi connectivity index (χ0n) is 17.8. The third-order valence-corrected chi connectivity index (χ3v) is 6.46. The molecule has 3 rings (SSSR count). The number of nitrogens with one attached hydrogen (secondary N) is 1. The van der Waals surface area contributed by atoms with Gasteiger partial charge in [0.25, 0.3) is 0 Å². The predicted octanol–water partition coefficient (Wildman–Crippen LogP) is 4.25. The summed E-state index contributed by atoms with van der Waals surface area (Å²) in [6.07, 6.45) is 8.50. The van der Waals surface area contributed by atoms with E-state index in [0.717, 1.165) is 35.3 Å². The lowest BCUT2D eigenvalue weighted by molar-refractivity contribution is -0.111. The average molecular weight is 439 g/mol. The lowest BCUT2D eigenvalue weighted by Crippen LogP contribution is -2.33. The quantitative estimate of drug-likeness (QED) is 0.652. The van der Waals surface area contributed by atoms with Gasteiger partial charge in [0.05, 0.1) is 12.2 Å². The van der Waals surface area contributed by atoms with E-state index in [1.165, 1.54) is 17.4 Å². The lowest BCUT2D eigenvalue weighted by atomic mass is 9.88. The van der Waals surface area contributed by atoms with Gasteiger partial charge in [-0.15, -0.1) is 11.3 Å². The van der Waals surface area contributed by atoms with Gasteiger partial charge in [0, 0.05) is 36.4 Å². The number of pyridine rings is 1. The zero-order valence-corrected chi connectivity index (χ0v) is 18.6. The number of nitriles is 1. The number of rotatable bonds is 7. The Bertz CT molecular complexity index is 990. The van der Waals surface area contributed by atoms with E-state index in [2.05, 4.69) is 16.4 Å². The molecule has 2 amide bonds. The molecule has 1 aliphatic rings. The number of carbonyl (C=O) groups is 2. The molecular formula is C23H26N4O3S. The van der Waals surface area contributed by atoms with Crippen LogP contribution in [-0.2, 0) is 22.4 Å². The minimum atomic E-state index is -0.288. The molecule has 2 aromatic heterocycles. The summed E-state index contributed by atoms with van der Waals surface area (Å²) in [5.74, 6) is -0.0742. The third-order valence-electron chi connectivity index (χ3n) is 5.29. The molecule has 0 aromatic carbocycles. The van der Waals surface area contributed by atoms with Crippen LogP contribution < -0.4 is 5.32 Å². The van der Waals surface area contributed by atoms with Crippen LogP contribution in [0, 0.1) is 17.2 Å². The van der Waals surface area contributed by atoms with Gasteiger partial charge in [-0.05, 0) is 62.3 Å². The van der Waals surface area contributed by atoms with Crippen molar-refractivity contribution in [3.63, 3.8) is 0 Å². The Kier molecular flexibility index (Phi) is 7.79. The van der Waals surface area contributed by atoms with Gasteiger partial charge in [-0.25, -0.2) is 4.79 Å². The standard InChI is InChI=1S/C23H26N4O3S/c1-3-27(4-2)23(29)30-15-17-7-9-18-19(13-24)22(31-20(18)12-17)26-21(28)10-8-16-6-5-11-25-14-16/h5-6,8,10-11,14,17H,3-4,7,9,12,15H2,1-2H3,(H,26,28)/b10-8+/t17-/m0/s1. The van der Waals surface area contributed by atoms with Gasteiger partial charge in [0.2, 0.25) is 5.91 Å². The molecule has 0 radical (unpaired) electrons. The normalized spacial score (nSPS) is 15.2. The number of hydrogen-bond acceptors (Lipinski definition) is 6. The van der Waals surface area contributed by atoms with Crippen LogP contribution in [0.15, 0.2) is 30.6 Å². The third kappa shape index (κ3) is 5.70. The predicted molar refractivity (Wildman–Crippen MR) is 121 cm³/mol. The molecule has 0 spiro atoms. The molecule has 1 atom stereocenters. The fraction of sp³-hybridized carbons (Fsp3) is 0.391. The van der Waals surface area contributed by atoms with Crippen molar-refractivity contribution in [2.45, 2.75) is 33.1 Å². The van der Waals surface area contributed by atoms with Crippen LogP contribution in [-0.4, -0.2) is 41.6 Å². The molecule has 0 saturated carbocycles. The molecule has 7 nitrogen and oxygen atoms in total. The van der Waals surface area contributed by atoms with Gasteiger partial charge in [-0.3, -0.25) is 9.78 Å². The summed E-state index contributed by atoms with van der Waals surface area (Å²) in [5, 5.41) is 13.1. The van der Waals surface area contributed by atoms with Crippen LogP contribution in [0.2, 0.25) is 0 Å². The largest absolute Gasteiger partial charge is 0.449 e. The highest BCUT2D eigenvalue weighted by Gasteiger charge is 2.27. The first-order valence-corrected chi connectivity index (χ1v) is 11.2. The Morgan fingerprint density at radius 3 is 2.90 bits per heavy atom. The number of thiophene rings is 1. The smallest absolute Gasteiger partial charge is 0.409 e. The molecule has 2 heterocycles. The van der Waals surface area contributed by atoms with Crippen LogP contribution >= 0.6 is 11.3 Å². The highest BCUT2D eigenvalue weighted by atomic mass is 32.1. The fourth-order valence-corrected chi connectivity index (χ4v) is 4.88. The number of ether oxygens (including phenoxy) is 1. The van der Waals surface area contributed by atoms with E-state index in [4.69, 9.17) is 4.74 Å². The molecule has 0 aliphatic heterocycles. The van der Waals surface area contributed by atoms with Crippen molar-refractivity contribution in [2.75, 3.05) is 25.0 Å². The maximum absolute atomic E-state index is 12.3. The molecular weight excluding hydrogens is 412 g/mol. The van der Waals surface area contributed by atoms with Crippen molar-refractivity contribution in [3.8, 4) is 6.07 Å². The summed E-state index contributed by atoms with van der Waals surface area (Å²) < 4.78 is 5.49. The van der Waals surface area contributed by atoms with E-state index >= 15 is 0 Å². The maximum Gasteiger partial charge on any atom is 0.409 e. The number of amides is 2. The van der Waals surface area contributed by atoms with Gasteiger partial charge in [0.1, 0.15) is 11.1 Å². The topological polar surface area (TPSA) is 95.3 Å². The summed E-state index contributed by atoms with van der Waals surface area (Å²) in [6.45, 7) is 5.46. The van der Waals surface area contributed by atoms with Crippen molar-refractivity contribution in [3.05, 3.63) is 52.2 Å². The monoisotopic (exact) mass is 438 g/mol. The van der Waals surface area contributed by atoms with Crippen molar-refractivity contribution >= 4 is 34.4 Å². The SMILES string of the molecule is CCN(CC)C(=O)OC[C@H]1CCc2c(sc(NC(=O)/C=C/c3cccnc3)c2C#N)C1. The van der Waals surface area contributed by atoms with Crippen LogP contribution in [0.3, 0.4) is 0 Å². The van der Waals surface area contributed by atoms with Crippen molar-refractivity contribution in [1.29, 1.82) is 5.26 Å². The summed E-state index contributed by atoms with van der Waals surface area (Å²) in [5.41, 5.74) is 2.37. The number of nitrogens with zero attached hydrogens (tertiary/aromatic N) is 3. The summed E-state index contributed by atoms with van der Waals surface area (Å²) in [4.78, 5) is 31.2. The lowest BCUT2D eigenvalue weighted by Gasteiger charge is -2.24. The minimum absolute atomic E-state index is 0.214. The van der Waals surface area contributed by atoms with Gasteiger partial charge in [-0.2, -0.15) is 5.26 Å². The average Bonchev–Trinajstić information content (AvgIpc) is 3.13. The minimum Gasteiger partial charge on any atom is -0.449 e. The first kappa shape index (κ1) is 22.5.